The normalized spacial score (nSPS) is 15.0. The Kier molecular flexibility index (Phi) is 3.30. The predicted molar refractivity (Wildman–Crippen MR) is 76.6 cm³/mol. The fraction of sp³-hybridized carbons (Fsp3) is 0.333. The number of hydrogen-bond donors (Lipinski definition) is 0. The van der Waals surface area contributed by atoms with Crippen LogP contribution in [0.4, 0.5) is 0 Å². The highest BCUT2D eigenvalue weighted by Gasteiger charge is 2.29. The zero-order chi connectivity index (χ0) is 12.7. The third-order valence-corrected chi connectivity index (χ3v) is 5.05. The van der Waals surface area contributed by atoms with E-state index in [4.69, 9.17) is 11.6 Å². The van der Waals surface area contributed by atoms with Gasteiger partial charge in [0.15, 0.2) is 0 Å². The number of hydrogen-bond acceptors (Lipinski definition) is 3. The maximum atomic E-state index is 12.1. The number of halogens is 2. The monoisotopic (exact) mass is 344 g/mol. The molecule has 2 heterocycles. The Morgan fingerprint density at radius 1 is 1.56 bits per heavy atom. The van der Waals surface area contributed by atoms with Crippen LogP contribution in [0.1, 0.15) is 29.5 Å². The van der Waals surface area contributed by atoms with Crippen molar-refractivity contribution in [2.45, 2.75) is 25.3 Å². The molecule has 0 N–H and O–H groups in total. The largest absolute Gasteiger partial charge is 0.291 e. The van der Waals surface area contributed by atoms with Crippen molar-refractivity contribution in [1.29, 1.82) is 0 Å². The molecule has 0 spiro atoms. The van der Waals surface area contributed by atoms with E-state index in [0.29, 0.717) is 17.6 Å². The lowest BCUT2D eigenvalue weighted by atomic mass is 10.3. The van der Waals surface area contributed by atoms with Gasteiger partial charge in [0.05, 0.1) is 6.54 Å². The average molecular weight is 346 g/mol. The highest BCUT2D eigenvalue weighted by molar-refractivity contribution is 9.10. The number of thiophene rings is 1. The molecule has 94 valence electrons. The second-order valence-electron chi connectivity index (χ2n) is 4.33. The van der Waals surface area contributed by atoms with Gasteiger partial charge >= 0.3 is 0 Å². The van der Waals surface area contributed by atoms with Gasteiger partial charge in [0, 0.05) is 21.3 Å². The molecule has 0 amide bonds. The van der Waals surface area contributed by atoms with Crippen LogP contribution in [-0.4, -0.2) is 9.55 Å². The zero-order valence-corrected chi connectivity index (χ0v) is 12.6. The average Bonchev–Trinajstić information content (AvgIpc) is 3.07. The fourth-order valence-electron chi connectivity index (χ4n) is 1.89. The Bertz CT molecular complexity index is 648. The number of aromatic nitrogens is 2. The first-order valence-electron chi connectivity index (χ1n) is 5.64. The van der Waals surface area contributed by atoms with E-state index in [1.807, 2.05) is 11.4 Å². The highest BCUT2D eigenvalue weighted by Crippen LogP contribution is 2.39. The SMILES string of the molecule is O=c1cc(Cl)nc(C2CC2)n1Cc1sccc1Br. The van der Waals surface area contributed by atoms with Crippen molar-refractivity contribution >= 4 is 38.9 Å². The third-order valence-electron chi connectivity index (χ3n) is 2.94. The Morgan fingerprint density at radius 2 is 2.33 bits per heavy atom. The van der Waals surface area contributed by atoms with Crippen molar-refractivity contribution in [3.8, 4) is 0 Å². The topological polar surface area (TPSA) is 34.9 Å². The molecule has 0 saturated heterocycles. The van der Waals surface area contributed by atoms with Gasteiger partial charge in [-0.15, -0.1) is 11.3 Å². The van der Waals surface area contributed by atoms with Crippen molar-refractivity contribution in [3.63, 3.8) is 0 Å². The van der Waals surface area contributed by atoms with Crippen LogP contribution in [0.3, 0.4) is 0 Å². The molecule has 1 fully saturated rings. The maximum absolute atomic E-state index is 12.1. The summed E-state index contributed by atoms with van der Waals surface area (Å²) in [6.07, 6.45) is 2.19. The summed E-state index contributed by atoms with van der Waals surface area (Å²) in [7, 11) is 0. The quantitative estimate of drug-likeness (QED) is 0.796. The van der Waals surface area contributed by atoms with Gasteiger partial charge in [0.2, 0.25) is 0 Å². The summed E-state index contributed by atoms with van der Waals surface area (Å²) in [5.41, 5.74) is -0.0720. The molecular formula is C12H10BrClN2OS. The molecule has 3 nitrogen and oxygen atoms in total. The second kappa shape index (κ2) is 4.79. The van der Waals surface area contributed by atoms with Gasteiger partial charge in [0.25, 0.3) is 5.56 Å². The van der Waals surface area contributed by atoms with Crippen molar-refractivity contribution in [1.82, 2.24) is 9.55 Å². The Labute approximate surface area is 122 Å². The lowest BCUT2D eigenvalue weighted by Crippen LogP contribution is -2.24. The fourth-order valence-corrected chi connectivity index (χ4v) is 3.53. The van der Waals surface area contributed by atoms with Crippen LogP contribution >= 0.6 is 38.9 Å². The molecule has 0 atom stereocenters. The predicted octanol–water partition coefficient (Wildman–Crippen LogP) is 3.65. The molecule has 1 saturated carbocycles. The van der Waals surface area contributed by atoms with Crippen LogP contribution in [0.15, 0.2) is 26.8 Å². The van der Waals surface area contributed by atoms with E-state index in [-0.39, 0.29) is 5.56 Å². The summed E-state index contributed by atoms with van der Waals surface area (Å²) in [5, 5.41) is 2.30. The summed E-state index contributed by atoms with van der Waals surface area (Å²) < 4.78 is 2.77. The van der Waals surface area contributed by atoms with Gasteiger partial charge in [-0.1, -0.05) is 11.6 Å². The van der Waals surface area contributed by atoms with Crippen LogP contribution in [0.2, 0.25) is 5.15 Å². The minimum atomic E-state index is -0.0720. The van der Waals surface area contributed by atoms with Crippen LogP contribution < -0.4 is 5.56 Å². The summed E-state index contributed by atoms with van der Waals surface area (Å²) in [4.78, 5) is 17.5. The number of nitrogens with zero attached hydrogens (tertiary/aromatic N) is 2. The van der Waals surface area contributed by atoms with Crippen molar-refractivity contribution in [2.24, 2.45) is 0 Å². The lowest BCUT2D eigenvalue weighted by molar-refractivity contribution is 0.674. The molecule has 1 aliphatic rings. The van der Waals surface area contributed by atoms with E-state index < -0.39 is 0 Å². The first-order chi connectivity index (χ1) is 8.65. The molecule has 0 aromatic carbocycles. The van der Waals surface area contributed by atoms with E-state index in [9.17, 15) is 4.79 Å². The van der Waals surface area contributed by atoms with Crippen molar-refractivity contribution in [2.75, 3.05) is 0 Å². The van der Waals surface area contributed by atoms with Gasteiger partial charge in [-0.05, 0) is 40.2 Å². The van der Waals surface area contributed by atoms with Gasteiger partial charge in [-0.3, -0.25) is 9.36 Å². The molecule has 2 aromatic heterocycles. The number of rotatable bonds is 3. The summed E-state index contributed by atoms with van der Waals surface area (Å²) >= 11 is 11.0. The van der Waals surface area contributed by atoms with E-state index in [2.05, 4.69) is 20.9 Å². The molecular weight excluding hydrogens is 336 g/mol. The van der Waals surface area contributed by atoms with E-state index in [1.54, 1.807) is 15.9 Å². The smallest absolute Gasteiger partial charge is 0.255 e. The zero-order valence-electron chi connectivity index (χ0n) is 9.40. The Morgan fingerprint density at radius 3 is 2.94 bits per heavy atom. The van der Waals surface area contributed by atoms with Gasteiger partial charge < -0.3 is 0 Å². The molecule has 18 heavy (non-hydrogen) atoms. The first kappa shape index (κ1) is 12.4. The molecule has 0 bridgehead atoms. The molecule has 6 heteroatoms. The van der Waals surface area contributed by atoms with E-state index >= 15 is 0 Å². The molecule has 0 aliphatic heterocycles. The lowest BCUT2D eigenvalue weighted by Gasteiger charge is -2.10. The Balaban J connectivity index is 2.05. The van der Waals surface area contributed by atoms with Gasteiger partial charge in [-0.2, -0.15) is 0 Å². The van der Waals surface area contributed by atoms with E-state index in [1.165, 1.54) is 6.07 Å². The van der Waals surface area contributed by atoms with Crippen LogP contribution in [-0.2, 0) is 6.54 Å². The minimum Gasteiger partial charge on any atom is -0.291 e. The van der Waals surface area contributed by atoms with Crippen LogP contribution in [0.5, 0.6) is 0 Å². The first-order valence-corrected chi connectivity index (χ1v) is 7.69. The second-order valence-corrected chi connectivity index (χ2v) is 6.57. The van der Waals surface area contributed by atoms with Crippen molar-refractivity contribution in [3.05, 3.63) is 48.2 Å². The van der Waals surface area contributed by atoms with Gasteiger partial charge in [-0.25, -0.2) is 4.98 Å². The molecule has 3 rings (SSSR count). The Hall–Kier alpha value is -0.650. The molecule has 0 radical (unpaired) electrons. The summed E-state index contributed by atoms with van der Waals surface area (Å²) in [6, 6.07) is 3.38. The molecule has 2 aromatic rings. The van der Waals surface area contributed by atoms with Crippen LogP contribution in [0, 0.1) is 0 Å². The summed E-state index contributed by atoms with van der Waals surface area (Å²) in [5.74, 6) is 1.22. The highest BCUT2D eigenvalue weighted by atomic mass is 79.9. The third kappa shape index (κ3) is 2.39. The standard InChI is InChI=1S/C12H10BrClN2OS/c13-8-3-4-18-9(8)6-16-11(17)5-10(14)15-12(16)7-1-2-7/h3-5,7H,1-2,6H2. The molecule has 1 aliphatic carbocycles. The minimum absolute atomic E-state index is 0.0720. The van der Waals surface area contributed by atoms with Crippen molar-refractivity contribution < 1.29 is 0 Å². The molecule has 0 unspecified atom stereocenters. The van der Waals surface area contributed by atoms with E-state index in [0.717, 1.165) is 28.0 Å². The van der Waals surface area contributed by atoms with Crippen LogP contribution in [0.25, 0.3) is 0 Å². The summed E-state index contributed by atoms with van der Waals surface area (Å²) in [6.45, 7) is 0.563. The maximum Gasteiger partial charge on any atom is 0.255 e. The van der Waals surface area contributed by atoms with Gasteiger partial charge in [0.1, 0.15) is 11.0 Å².